The van der Waals surface area contributed by atoms with Gasteiger partial charge < -0.3 is 0 Å². The molecule has 0 saturated heterocycles. The summed E-state index contributed by atoms with van der Waals surface area (Å²) in [5.74, 6) is 0. The van der Waals surface area contributed by atoms with Crippen molar-refractivity contribution in [3.8, 4) is 0 Å². The maximum Gasteiger partial charge on any atom is 0.252 e. The fourth-order valence-corrected chi connectivity index (χ4v) is 1.57. The van der Waals surface area contributed by atoms with Gasteiger partial charge in [0, 0.05) is 17.1 Å². The number of carbonyl (C=O) groups is 1. The van der Waals surface area contributed by atoms with Crippen LogP contribution in [0.15, 0.2) is 30.5 Å². The summed E-state index contributed by atoms with van der Waals surface area (Å²) in [6, 6.07) is 6.69. The van der Waals surface area contributed by atoms with Crippen molar-refractivity contribution in [2.24, 2.45) is 0 Å². The Kier molecular flexibility index (Phi) is 2.40. The molecule has 2 rings (SSSR count). The fraction of sp³-hybridized carbons (Fsp3) is 0. The van der Waals surface area contributed by atoms with Gasteiger partial charge in [-0.25, -0.2) is 0 Å². The van der Waals surface area contributed by atoms with E-state index in [0.717, 1.165) is 5.39 Å². The highest BCUT2D eigenvalue weighted by atomic mass is 35.5. The van der Waals surface area contributed by atoms with Crippen molar-refractivity contribution in [2.75, 3.05) is 0 Å². The minimum absolute atomic E-state index is 0.425. The van der Waals surface area contributed by atoms with E-state index in [4.69, 9.17) is 23.2 Å². The molecule has 1 aromatic heterocycles. The number of fused-ring (bicyclic) bond motifs is 1. The van der Waals surface area contributed by atoms with Gasteiger partial charge in [-0.15, -0.1) is 0 Å². The van der Waals surface area contributed by atoms with Gasteiger partial charge in [-0.1, -0.05) is 17.7 Å². The molecule has 0 amide bonds. The van der Waals surface area contributed by atoms with Crippen LogP contribution >= 0.6 is 23.2 Å². The average Bonchev–Trinajstić information content (AvgIpc) is 2.17. The first-order chi connectivity index (χ1) is 6.68. The van der Waals surface area contributed by atoms with Crippen LogP contribution in [0.5, 0.6) is 0 Å². The molecule has 1 heterocycles. The van der Waals surface area contributed by atoms with Gasteiger partial charge >= 0.3 is 0 Å². The minimum atomic E-state index is -0.492. The SMILES string of the molecule is O=C(Cl)c1ccc2c(Cl)ccnc2c1. The smallest absolute Gasteiger partial charge is 0.252 e. The van der Waals surface area contributed by atoms with Crippen molar-refractivity contribution in [3.63, 3.8) is 0 Å². The first-order valence-corrected chi connectivity index (χ1v) is 4.68. The summed E-state index contributed by atoms with van der Waals surface area (Å²) in [7, 11) is 0. The molecular weight excluding hydrogens is 221 g/mol. The Morgan fingerprint density at radius 3 is 2.79 bits per heavy atom. The Morgan fingerprint density at radius 1 is 1.29 bits per heavy atom. The molecule has 2 aromatic rings. The summed E-state index contributed by atoms with van der Waals surface area (Å²) < 4.78 is 0. The number of halogens is 2. The minimum Gasteiger partial charge on any atom is -0.276 e. The Morgan fingerprint density at radius 2 is 2.07 bits per heavy atom. The van der Waals surface area contributed by atoms with Gasteiger partial charge in [0.15, 0.2) is 0 Å². The molecule has 0 spiro atoms. The molecule has 0 aliphatic rings. The van der Waals surface area contributed by atoms with Crippen molar-refractivity contribution in [1.82, 2.24) is 4.98 Å². The zero-order valence-corrected chi connectivity index (χ0v) is 8.51. The zero-order valence-electron chi connectivity index (χ0n) is 7.00. The molecular formula is C10H5Cl2NO. The molecule has 1 aromatic carbocycles. The van der Waals surface area contributed by atoms with E-state index in [2.05, 4.69) is 4.98 Å². The van der Waals surface area contributed by atoms with Gasteiger partial charge in [-0.05, 0) is 29.8 Å². The third-order valence-corrected chi connectivity index (χ3v) is 2.46. The second kappa shape index (κ2) is 3.56. The van der Waals surface area contributed by atoms with E-state index < -0.39 is 5.24 Å². The second-order valence-electron chi connectivity index (χ2n) is 2.80. The topological polar surface area (TPSA) is 30.0 Å². The van der Waals surface area contributed by atoms with E-state index in [1.807, 2.05) is 0 Å². The molecule has 0 fully saturated rings. The Balaban J connectivity index is 2.73. The summed E-state index contributed by atoms with van der Waals surface area (Å²) >= 11 is 11.3. The van der Waals surface area contributed by atoms with Gasteiger partial charge in [0.25, 0.3) is 5.24 Å². The Labute approximate surface area is 90.5 Å². The molecule has 0 radical (unpaired) electrons. The summed E-state index contributed by atoms with van der Waals surface area (Å²) in [6.07, 6.45) is 1.59. The van der Waals surface area contributed by atoms with Crippen LogP contribution in [0.1, 0.15) is 10.4 Å². The molecule has 14 heavy (non-hydrogen) atoms. The maximum atomic E-state index is 10.9. The molecule has 0 unspecified atom stereocenters. The monoisotopic (exact) mass is 225 g/mol. The molecule has 0 aliphatic heterocycles. The Bertz CT molecular complexity index is 510. The Hall–Kier alpha value is -1.12. The van der Waals surface area contributed by atoms with E-state index in [9.17, 15) is 4.79 Å². The van der Waals surface area contributed by atoms with E-state index in [-0.39, 0.29) is 0 Å². The number of hydrogen-bond acceptors (Lipinski definition) is 2. The van der Waals surface area contributed by atoms with E-state index in [1.54, 1.807) is 30.5 Å². The number of nitrogens with zero attached hydrogens (tertiary/aromatic N) is 1. The van der Waals surface area contributed by atoms with Gasteiger partial charge in [0.2, 0.25) is 0 Å². The molecule has 0 aliphatic carbocycles. The van der Waals surface area contributed by atoms with Crippen molar-refractivity contribution in [2.45, 2.75) is 0 Å². The molecule has 0 saturated carbocycles. The van der Waals surface area contributed by atoms with Crippen LogP contribution in [0.3, 0.4) is 0 Å². The van der Waals surface area contributed by atoms with Crippen LogP contribution in [0.4, 0.5) is 0 Å². The van der Waals surface area contributed by atoms with Crippen LogP contribution in [-0.4, -0.2) is 10.2 Å². The highest BCUT2D eigenvalue weighted by Gasteiger charge is 2.04. The lowest BCUT2D eigenvalue weighted by Crippen LogP contribution is -1.89. The quantitative estimate of drug-likeness (QED) is 0.698. The van der Waals surface area contributed by atoms with Crippen molar-refractivity contribution < 1.29 is 4.79 Å². The number of rotatable bonds is 1. The van der Waals surface area contributed by atoms with Crippen LogP contribution in [0, 0.1) is 0 Å². The molecule has 70 valence electrons. The van der Waals surface area contributed by atoms with Gasteiger partial charge in [0.05, 0.1) is 10.5 Å². The number of carbonyl (C=O) groups excluding carboxylic acids is 1. The highest BCUT2D eigenvalue weighted by Crippen LogP contribution is 2.22. The summed E-state index contributed by atoms with van der Waals surface area (Å²) in [6.45, 7) is 0. The van der Waals surface area contributed by atoms with E-state index in [1.165, 1.54) is 0 Å². The van der Waals surface area contributed by atoms with Gasteiger partial charge in [0.1, 0.15) is 0 Å². The summed E-state index contributed by atoms with van der Waals surface area (Å²) in [4.78, 5) is 15.0. The van der Waals surface area contributed by atoms with Crippen LogP contribution in [0.2, 0.25) is 5.02 Å². The van der Waals surface area contributed by atoms with Crippen molar-refractivity contribution >= 4 is 39.3 Å². The molecule has 4 heteroatoms. The van der Waals surface area contributed by atoms with Crippen LogP contribution < -0.4 is 0 Å². The third kappa shape index (κ3) is 1.59. The first kappa shape index (κ1) is 9.44. The lowest BCUT2D eigenvalue weighted by Gasteiger charge is -2.00. The standard InChI is InChI=1S/C10H5Cl2NO/c11-8-3-4-13-9-5-6(10(12)14)1-2-7(8)9/h1-5H. The molecule has 0 atom stereocenters. The number of pyridine rings is 1. The molecule has 2 nitrogen and oxygen atoms in total. The third-order valence-electron chi connectivity index (χ3n) is 1.92. The van der Waals surface area contributed by atoms with Crippen LogP contribution in [0.25, 0.3) is 10.9 Å². The average molecular weight is 226 g/mol. The summed E-state index contributed by atoms with van der Waals surface area (Å²) in [5.41, 5.74) is 1.10. The first-order valence-electron chi connectivity index (χ1n) is 3.92. The lowest BCUT2D eigenvalue weighted by molar-refractivity contribution is 0.108. The number of aromatic nitrogens is 1. The van der Waals surface area contributed by atoms with Gasteiger partial charge in [-0.2, -0.15) is 0 Å². The molecule has 0 bridgehead atoms. The predicted octanol–water partition coefficient (Wildman–Crippen LogP) is 3.27. The largest absolute Gasteiger partial charge is 0.276 e. The maximum absolute atomic E-state index is 10.9. The number of hydrogen-bond donors (Lipinski definition) is 0. The van der Waals surface area contributed by atoms with Crippen LogP contribution in [-0.2, 0) is 0 Å². The van der Waals surface area contributed by atoms with Crippen molar-refractivity contribution in [1.29, 1.82) is 0 Å². The highest BCUT2D eigenvalue weighted by molar-refractivity contribution is 6.67. The predicted molar refractivity (Wildman–Crippen MR) is 56.9 cm³/mol. The zero-order chi connectivity index (χ0) is 10.1. The van der Waals surface area contributed by atoms with E-state index in [0.29, 0.717) is 16.1 Å². The molecule has 0 N–H and O–H groups in total. The van der Waals surface area contributed by atoms with Gasteiger partial charge in [-0.3, -0.25) is 9.78 Å². The van der Waals surface area contributed by atoms with Crippen molar-refractivity contribution in [3.05, 3.63) is 41.0 Å². The second-order valence-corrected chi connectivity index (χ2v) is 3.55. The summed E-state index contributed by atoms with van der Waals surface area (Å²) in [5, 5.41) is 0.938. The van der Waals surface area contributed by atoms with E-state index >= 15 is 0 Å². The number of benzene rings is 1. The fourth-order valence-electron chi connectivity index (χ4n) is 1.24. The lowest BCUT2D eigenvalue weighted by atomic mass is 10.1. The normalized spacial score (nSPS) is 10.4.